The van der Waals surface area contributed by atoms with E-state index in [9.17, 15) is 4.79 Å². The van der Waals surface area contributed by atoms with E-state index in [1.54, 1.807) is 0 Å². The van der Waals surface area contributed by atoms with E-state index >= 15 is 0 Å². The van der Waals surface area contributed by atoms with Gasteiger partial charge in [-0.2, -0.15) is 0 Å². The number of hydrogen-bond donors (Lipinski definition) is 1. The van der Waals surface area contributed by atoms with Gasteiger partial charge < -0.3 is 19.9 Å². The third-order valence-corrected chi connectivity index (χ3v) is 5.84. The molecule has 5 nitrogen and oxygen atoms in total. The molecular formula is C20H31N3O2. The molecule has 0 atom stereocenters. The van der Waals surface area contributed by atoms with Gasteiger partial charge >= 0.3 is 6.03 Å². The number of anilines is 1. The standard InChI is InChI=1S/C20H31N3O2/c1-15-4-5-17(14-16(15)2)21-20(24)23-10-6-18(7-11-23)22-12-8-19(25-3)9-13-22/h4-5,14,18-19H,6-13H2,1-3H3,(H,21,24). The molecule has 2 heterocycles. The summed E-state index contributed by atoms with van der Waals surface area (Å²) in [6.45, 7) is 8.08. The first kappa shape index (κ1) is 18.2. The van der Waals surface area contributed by atoms with Gasteiger partial charge in [-0.05, 0) is 62.8 Å². The van der Waals surface area contributed by atoms with Gasteiger partial charge in [-0.1, -0.05) is 6.07 Å². The van der Waals surface area contributed by atoms with Crippen molar-refractivity contribution in [3.63, 3.8) is 0 Å². The Morgan fingerprint density at radius 1 is 1.04 bits per heavy atom. The number of carbonyl (C=O) groups is 1. The van der Waals surface area contributed by atoms with Crippen molar-refractivity contribution >= 4 is 11.7 Å². The second-order valence-corrected chi connectivity index (χ2v) is 7.42. The summed E-state index contributed by atoms with van der Waals surface area (Å²) >= 11 is 0. The fourth-order valence-electron chi connectivity index (χ4n) is 3.93. The fourth-order valence-corrected chi connectivity index (χ4v) is 3.93. The van der Waals surface area contributed by atoms with Crippen LogP contribution in [0.15, 0.2) is 18.2 Å². The average molecular weight is 345 g/mol. The van der Waals surface area contributed by atoms with E-state index in [0.29, 0.717) is 12.1 Å². The van der Waals surface area contributed by atoms with Crippen LogP contribution >= 0.6 is 0 Å². The second kappa shape index (κ2) is 8.19. The van der Waals surface area contributed by atoms with E-state index in [4.69, 9.17) is 4.74 Å². The van der Waals surface area contributed by atoms with Crippen LogP contribution in [0.25, 0.3) is 0 Å². The van der Waals surface area contributed by atoms with E-state index < -0.39 is 0 Å². The van der Waals surface area contributed by atoms with Crippen LogP contribution in [0.1, 0.15) is 36.8 Å². The minimum atomic E-state index is 0.0276. The molecule has 0 bridgehead atoms. The predicted octanol–water partition coefficient (Wildman–Crippen LogP) is 3.41. The summed E-state index contributed by atoms with van der Waals surface area (Å²) < 4.78 is 5.46. The van der Waals surface area contributed by atoms with Crippen molar-refractivity contribution in [3.05, 3.63) is 29.3 Å². The number of ether oxygens (including phenoxy) is 1. The molecular weight excluding hydrogens is 314 g/mol. The van der Waals surface area contributed by atoms with Crippen molar-refractivity contribution < 1.29 is 9.53 Å². The Balaban J connectivity index is 1.47. The van der Waals surface area contributed by atoms with Crippen LogP contribution < -0.4 is 5.32 Å². The molecule has 1 aromatic carbocycles. The van der Waals surface area contributed by atoms with Gasteiger partial charge in [0, 0.05) is 45.0 Å². The molecule has 0 radical (unpaired) electrons. The lowest BCUT2D eigenvalue weighted by molar-refractivity contribution is 0.0173. The zero-order valence-electron chi connectivity index (χ0n) is 15.8. The Morgan fingerprint density at radius 3 is 2.32 bits per heavy atom. The number of nitrogens with one attached hydrogen (secondary N) is 1. The molecule has 5 heteroatoms. The number of urea groups is 1. The number of rotatable bonds is 3. The molecule has 2 fully saturated rings. The lowest BCUT2D eigenvalue weighted by atomic mass is 9.99. The summed E-state index contributed by atoms with van der Waals surface area (Å²) in [6.07, 6.45) is 4.82. The largest absolute Gasteiger partial charge is 0.381 e. The topological polar surface area (TPSA) is 44.8 Å². The number of hydrogen-bond acceptors (Lipinski definition) is 3. The van der Waals surface area contributed by atoms with Crippen molar-refractivity contribution in [1.29, 1.82) is 0 Å². The normalized spacial score (nSPS) is 20.7. The van der Waals surface area contributed by atoms with E-state index in [2.05, 4.69) is 30.1 Å². The van der Waals surface area contributed by atoms with Crippen LogP contribution in [0.5, 0.6) is 0 Å². The van der Waals surface area contributed by atoms with Gasteiger partial charge in [0.05, 0.1) is 6.10 Å². The van der Waals surface area contributed by atoms with Crippen molar-refractivity contribution in [3.8, 4) is 0 Å². The van der Waals surface area contributed by atoms with Crippen LogP contribution in [0.4, 0.5) is 10.5 Å². The number of amides is 2. The molecule has 0 saturated carbocycles. The van der Waals surface area contributed by atoms with Crippen molar-refractivity contribution in [2.45, 2.75) is 51.7 Å². The first-order valence-corrected chi connectivity index (χ1v) is 9.47. The van der Waals surface area contributed by atoms with Gasteiger partial charge in [0.2, 0.25) is 0 Å². The summed E-state index contributed by atoms with van der Waals surface area (Å²) in [7, 11) is 1.81. The van der Waals surface area contributed by atoms with Gasteiger partial charge in [-0.3, -0.25) is 0 Å². The highest BCUT2D eigenvalue weighted by Gasteiger charge is 2.29. The molecule has 1 aromatic rings. The quantitative estimate of drug-likeness (QED) is 0.913. The van der Waals surface area contributed by atoms with E-state index in [1.807, 2.05) is 24.1 Å². The third-order valence-electron chi connectivity index (χ3n) is 5.84. The van der Waals surface area contributed by atoms with Crippen LogP contribution in [0, 0.1) is 13.8 Å². The van der Waals surface area contributed by atoms with Crippen LogP contribution in [-0.4, -0.2) is 61.3 Å². The maximum Gasteiger partial charge on any atom is 0.321 e. The first-order chi connectivity index (χ1) is 12.1. The number of nitrogens with zero attached hydrogens (tertiary/aromatic N) is 2. The molecule has 2 saturated heterocycles. The van der Waals surface area contributed by atoms with E-state index in [1.165, 1.54) is 11.1 Å². The monoisotopic (exact) mass is 345 g/mol. The second-order valence-electron chi connectivity index (χ2n) is 7.42. The Bertz CT molecular complexity index is 589. The summed E-state index contributed by atoms with van der Waals surface area (Å²) in [6, 6.07) is 6.72. The van der Waals surface area contributed by atoms with Gasteiger partial charge in [0.1, 0.15) is 0 Å². The van der Waals surface area contributed by atoms with Crippen LogP contribution in [0.2, 0.25) is 0 Å². The maximum absolute atomic E-state index is 12.5. The number of piperidine rings is 2. The van der Waals surface area contributed by atoms with Crippen molar-refractivity contribution in [1.82, 2.24) is 9.80 Å². The Kier molecular flexibility index (Phi) is 5.97. The zero-order chi connectivity index (χ0) is 17.8. The maximum atomic E-state index is 12.5. The van der Waals surface area contributed by atoms with Crippen molar-refractivity contribution in [2.75, 3.05) is 38.6 Å². The lowest BCUT2D eigenvalue weighted by Crippen LogP contribution is -2.50. The minimum absolute atomic E-state index is 0.0276. The molecule has 2 aliphatic heterocycles. The lowest BCUT2D eigenvalue weighted by Gasteiger charge is -2.41. The molecule has 1 N–H and O–H groups in total. The first-order valence-electron chi connectivity index (χ1n) is 9.47. The number of benzene rings is 1. The van der Waals surface area contributed by atoms with Gasteiger partial charge in [-0.25, -0.2) is 4.79 Å². The summed E-state index contributed by atoms with van der Waals surface area (Å²) in [5.74, 6) is 0. The number of likely N-dealkylation sites (tertiary alicyclic amines) is 2. The Hall–Kier alpha value is -1.59. The Labute approximate surface area is 151 Å². The number of carbonyl (C=O) groups excluding carboxylic acids is 1. The fraction of sp³-hybridized carbons (Fsp3) is 0.650. The highest BCUT2D eigenvalue weighted by atomic mass is 16.5. The average Bonchev–Trinajstić information content (AvgIpc) is 2.65. The molecule has 0 aromatic heterocycles. The van der Waals surface area contributed by atoms with Crippen LogP contribution in [-0.2, 0) is 4.74 Å². The smallest absolute Gasteiger partial charge is 0.321 e. The molecule has 138 valence electrons. The molecule has 2 amide bonds. The molecule has 0 spiro atoms. The zero-order valence-corrected chi connectivity index (χ0v) is 15.8. The Morgan fingerprint density at radius 2 is 1.72 bits per heavy atom. The SMILES string of the molecule is COC1CCN(C2CCN(C(=O)Nc3ccc(C)c(C)c3)CC2)CC1. The van der Waals surface area contributed by atoms with E-state index in [-0.39, 0.29) is 6.03 Å². The van der Waals surface area contributed by atoms with Gasteiger partial charge in [0.25, 0.3) is 0 Å². The molecule has 2 aliphatic rings. The number of aryl methyl sites for hydroxylation is 2. The molecule has 3 rings (SSSR count). The highest BCUT2D eigenvalue weighted by molar-refractivity contribution is 5.89. The third kappa shape index (κ3) is 4.53. The van der Waals surface area contributed by atoms with Gasteiger partial charge in [0.15, 0.2) is 0 Å². The van der Waals surface area contributed by atoms with Crippen LogP contribution in [0.3, 0.4) is 0 Å². The van der Waals surface area contributed by atoms with Gasteiger partial charge in [-0.15, -0.1) is 0 Å². The summed E-state index contributed by atoms with van der Waals surface area (Å²) in [4.78, 5) is 17.1. The minimum Gasteiger partial charge on any atom is -0.381 e. The number of methoxy groups -OCH3 is 1. The van der Waals surface area contributed by atoms with E-state index in [0.717, 1.165) is 57.5 Å². The molecule has 25 heavy (non-hydrogen) atoms. The summed E-state index contributed by atoms with van der Waals surface area (Å²) in [5.41, 5.74) is 3.34. The predicted molar refractivity (Wildman–Crippen MR) is 101 cm³/mol. The molecule has 0 aliphatic carbocycles. The highest BCUT2D eigenvalue weighted by Crippen LogP contribution is 2.23. The van der Waals surface area contributed by atoms with Crippen molar-refractivity contribution in [2.24, 2.45) is 0 Å². The molecule has 0 unspecified atom stereocenters. The summed E-state index contributed by atoms with van der Waals surface area (Å²) in [5, 5.41) is 3.04.